The Bertz CT molecular complexity index is 617. The Morgan fingerprint density at radius 1 is 0.895 bits per heavy atom. The van der Waals surface area contributed by atoms with Crippen molar-refractivity contribution in [1.82, 2.24) is 0 Å². The van der Waals surface area contributed by atoms with Crippen molar-refractivity contribution in [2.45, 2.75) is 20.8 Å². The number of Topliss-reactive ketones (excluding diaryl/α,β-unsaturated/α-hetero) is 1. The summed E-state index contributed by atoms with van der Waals surface area (Å²) in [7, 11) is 0. The zero-order chi connectivity index (χ0) is 13.8. The second kappa shape index (κ2) is 5.66. The molecule has 2 aromatic rings. The van der Waals surface area contributed by atoms with Crippen LogP contribution in [-0.4, -0.2) is 5.78 Å². The van der Waals surface area contributed by atoms with Crippen molar-refractivity contribution < 1.29 is 4.79 Å². The number of benzene rings is 2. The highest BCUT2D eigenvalue weighted by Gasteiger charge is 2.05. The molecule has 0 aliphatic rings. The van der Waals surface area contributed by atoms with Gasteiger partial charge in [-0.3, -0.25) is 4.79 Å². The lowest BCUT2D eigenvalue weighted by Crippen LogP contribution is -1.94. The number of hydrogen-bond donors (Lipinski definition) is 0. The van der Waals surface area contributed by atoms with Crippen molar-refractivity contribution in [2.24, 2.45) is 0 Å². The molecule has 0 aromatic heterocycles. The van der Waals surface area contributed by atoms with Gasteiger partial charge >= 0.3 is 0 Å². The van der Waals surface area contributed by atoms with E-state index >= 15 is 0 Å². The van der Waals surface area contributed by atoms with Gasteiger partial charge in [0.15, 0.2) is 5.78 Å². The molecule has 0 unspecified atom stereocenters. The van der Waals surface area contributed by atoms with Crippen LogP contribution in [-0.2, 0) is 0 Å². The van der Waals surface area contributed by atoms with Crippen LogP contribution in [0.15, 0.2) is 54.1 Å². The van der Waals surface area contributed by atoms with E-state index in [0.717, 1.165) is 22.3 Å². The minimum Gasteiger partial charge on any atom is -0.295 e. The van der Waals surface area contributed by atoms with E-state index < -0.39 is 0 Å². The van der Waals surface area contributed by atoms with Crippen LogP contribution < -0.4 is 0 Å². The van der Waals surface area contributed by atoms with E-state index in [1.54, 1.807) is 6.92 Å². The molecular weight excluding hydrogens is 232 g/mol. The molecule has 0 aliphatic carbocycles. The lowest BCUT2D eigenvalue weighted by molar-refractivity contribution is 0.101. The predicted octanol–water partition coefficient (Wildman–Crippen LogP) is 4.98. The van der Waals surface area contributed by atoms with Crippen LogP contribution in [0.5, 0.6) is 0 Å². The van der Waals surface area contributed by atoms with E-state index in [-0.39, 0.29) is 5.78 Å². The Balaban J connectivity index is 2.58. The van der Waals surface area contributed by atoms with E-state index in [1.807, 2.05) is 30.3 Å². The molecule has 0 N–H and O–H groups in total. The minimum atomic E-state index is 0.0983. The first-order valence-electron chi connectivity index (χ1n) is 6.42. The van der Waals surface area contributed by atoms with Crippen LogP contribution in [0.2, 0.25) is 0 Å². The van der Waals surface area contributed by atoms with Crippen molar-refractivity contribution in [2.75, 3.05) is 0 Å². The Hall–Kier alpha value is -2.15. The van der Waals surface area contributed by atoms with Crippen LogP contribution >= 0.6 is 0 Å². The van der Waals surface area contributed by atoms with Crippen molar-refractivity contribution in [3.8, 4) is 11.1 Å². The second-order valence-corrected chi connectivity index (χ2v) is 4.99. The maximum atomic E-state index is 11.6. The van der Waals surface area contributed by atoms with Crippen LogP contribution in [0.25, 0.3) is 17.2 Å². The maximum Gasteiger partial charge on any atom is 0.159 e. The highest BCUT2D eigenvalue weighted by Crippen LogP contribution is 2.23. The average Bonchev–Trinajstić information content (AvgIpc) is 2.38. The fourth-order valence-corrected chi connectivity index (χ4v) is 2.07. The molecule has 0 atom stereocenters. The summed E-state index contributed by atoms with van der Waals surface area (Å²) in [6.45, 7) is 5.72. The Morgan fingerprint density at radius 2 is 1.58 bits per heavy atom. The molecular formula is C18H18O. The lowest BCUT2D eigenvalue weighted by atomic mass is 9.97. The Kier molecular flexibility index (Phi) is 3.96. The van der Waals surface area contributed by atoms with E-state index in [0.29, 0.717) is 0 Å². The summed E-state index contributed by atoms with van der Waals surface area (Å²) in [6.07, 6.45) is 2.10. The number of carbonyl (C=O) groups excluding carboxylic acids is 1. The van der Waals surface area contributed by atoms with Gasteiger partial charge in [0.2, 0.25) is 0 Å². The van der Waals surface area contributed by atoms with E-state index in [2.05, 4.69) is 38.1 Å². The smallest absolute Gasteiger partial charge is 0.159 e. The molecule has 19 heavy (non-hydrogen) atoms. The predicted molar refractivity (Wildman–Crippen MR) is 81.2 cm³/mol. The largest absolute Gasteiger partial charge is 0.295 e. The molecule has 0 bridgehead atoms. The molecule has 1 nitrogen and oxygen atoms in total. The summed E-state index contributed by atoms with van der Waals surface area (Å²) in [5, 5.41) is 0. The highest BCUT2D eigenvalue weighted by molar-refractivity contribution is 5.96. The first-order valence-corrected chi connectivity index (χ1v) is 6.42. The SMILES string of the molecule is CC(=O)c1cc(C=C(C)C)cc(-c2ccccc2)c1. The van der Waals surface area contributed by atoms with Gasteiger partial charge < -0.3 is 0 Å². The summed E-state index contributed by atoms with van der Waals surface area (Å²) in [5.41, 5.74) is 5.27. The summed E-state index contributed by atoms with van der Waals surface area (Å²) in [6, 6.07) is 16.2. The molecule has 0 heterocycles. The molecule has 2 rings (SSSR count). The van der Waals surface area contributed by atoms with Gasteiger partial charge in [-0.15, -0.1) is 0 Å². The first kappa shape index (κ1) is 13.3. The third kappa shape index (κ3) is 3.41. The van der Waals surface area contributed by atoms with Gasteiger partial charge in [0.25, 0.3) is 0 Å². The van der Waals surface area contributed by atoms with Crippen molar-refractivity contribution in [3.05, 3.63) is 65.2 Å². The molecule has 2 aromatic carbocycles. The van der Waals surface area contributed by atoms with Gasteiger partial charge in [0, 0.05) is 5.56 Å². The third-order valence-electron chi connectivity index (χ3n) is 2.92. The standard InChI is InChI=1S/C18H18O/c1-13(2)9-15-10-17(14(3)19)12-18(11-15)16-7-5-4-6-8-16/h4-12H,1-3H3. The lowest BCUT2D eigenvalue weighted by Gasteiger charge is -2.07. The maximum absolute atomic E-state index is 11.6. The van der Waals surface area contributed by atoms with Gasteiger partial charge in [-0.05, 0) is 55.7 Å². The first-order chi connectivity index (χ1) is 9.06. The van der Waals surface area contributed by atoms with Crippen molar-refractivity contribution >= 4 is 11.9 Å². The zero-order valence-electron chi connectivity index (χ0n) is 11.6. The van der Waals surface area contributed by atoms with Crippen molar-refractivity contribution in [1.29, 1.82) is 0 Å². The molecule has 96 valence electrons. The van der Waals surface area contributed by atoms with Crippen LogP contribution in [0.4, 0.5) is 0 Å². The normalized spacial score (nSPS) is 10.1. The van der Waals surface area contributed by atoms with Gasteiger partial charge in [-0.2, -0.15) is 0 Å². The van der Waals surface area contributed by atoms with Gasteiger partial charge in [-0.25, -0.2) is 0 Å². The molecule has 0 saturated heterocycles. The Labute approximate surface area is 114 Å². The van der Waals surface area contributed by atoms with E-state index in [4.69, 9.17) is 0 Å². The molecule has 0 radical (unpaired) electrons. The van der Waals surface area contributed by atoms with Crippen LogP contribution in [0.1, 0.15) is 36.7 Å². The van der Waals surface area contributed by atoms with Crippen LogP contribution in [0, 0.1) is 0 Å². The number of allylic oxidation sites excluding steroid dienone is 1. The fourth-order valence-electron chi connectivity index (χ4n) is 2.07. The van der Waals surface area contributed by atoms with E-state index in [9.17, 15) is 4.79 Å². The number of ketones is 1. The minimum absolute atomic E-state index is 0.0983. The van der Waals surface area contributed by atoms with Gasteiger partial charge in [-0.1, -0.05) is 42.0 Å². The number of carbonyl (C=O) groups is 1. The third-order valence-corrected chi connectivity index (χ3v) is 2.92. The molecule has 0 aliphatic heterocycles. The van der Waals surface area contributed by atoms with E-state index in [1.165, 1.54) is 5.57 Å². The molecule has 0 saturated carbocycles. The molecule has 0 amide bonds. The summed E-state index contributed by atoms with van der Waals surface area (Å²) < 4.78 is 0. The quantitative estimate of drug-likeness (QED) is 0.702. The number of hydrogen-bond acceptors (Lipinski definition) is 1. The fraction of sp³-hybridized carbons (Fsp3) is 0.167. The molecule has 0 spiro atoms. The summed E-state index contributed by atoms with van der Waals surface area (Å²) in [5.74, 6) is 0.0983. The van der Waals surface area contributed by atoms with Gasteiger partial charge in [0.05, 0.1) is 0 Å². The highest BCUT2D eigenvalue weighted by atomic mass is 16.1. The van der Waals surface area contributed by atoms with Gasteiger partial charge in [0.1, 0.15) is 0 Å². The monoisotopic (exact) mass is 250 g/mol. The molecule has 0 fully saturated rings. The van der Waals surface area contributed by atoms with Crippen LogP contribution in [0.3, 0.4) is 0 Å². The summed E-state index contributed by atoms with van der Waals surface area (Å²) in [4.78, 5) is 11.6. The number of rotatable bonds is 3. The topological polar surface area (TPSA) is 17.1 Å². The molecule has 1 heteroatoms. The average molecular weight is 250 g/mol. The zero-order valence-corrected chi connectivity index (χ0v) is 11.6. The van der Waals surface area contributed by atoms with Crippen molar-refractivity contribution in [3.63, 3.8) is 0 Å². The second-order valence-electron chi connectivity index (χ2n) is 4.99. The summed E-state index contributed by atoms with van der Waals surface area (Å²) >= 11 is 0. The Morgan fingerprint density at radius 3 is 2.16 bits per heavy atom.